The van der Waals surface area contributed by atoms with Crippen molar-refractivity contribution in [3.63, 3.8) is 0 Å². The van der Waals surface area contributed by atoms with Crippen molar-refractivity contribution in [2.75, 3.05) is 0 Å². The monoisotopic (exact) mass is 145 g/mol. The molecule has 1 fully saturated rings. The molecule has 0 heterocycles. The Hall–Kier alpha value is 0.290. The number of hydrogen-bond acceptors (Lipinski definition) is 0. The normalized spacial score (nSPS) is 35.7. The van der Waals surface area contributed by atoms with Crippen molar-refractivity contribution in [2.45, 2.75) is 38.5 Å². The molecule has 53 valence electrons. The Morgan fingerprint density at radius 3 is 2.33 bits per heavy atom. The van der Waals surface area contributed by atoms with Crippen molar-refractivity contribution >= 4 is 11.6 Å². The molecule has 1 rings (SSSR count). The van der Waals surface area contributed by atoms with Gasteiger partial charge in [0.15, 0.2) is 0 Å². The molecule has 1 aliphatic rings. The molecule has 0 N–H and O–H groups in total. The molecule has 0 amide bonds. The molecule has 1 atom stereocenters. The van der Waals surface area contributed by atoms with Crippen LogP contribution in [-0.2, 0) is 0 Å². The number of halogens is 1. The highest BCUT2D eigenvalue weighted by molar-refractivity contribution is 6.28. The first-order chi connectivity index (χ1) is 4.10. The number of rotatable bonds is 2. The second kappa shape index (κ2) is 2.16. The van der Waals surface area contributed by atoms with Gasteiger partial charge in [0.05, 0.1) is 4.87 Å². The minimum Gasteiger partial charge on any atom is -0.119 e. The van der Waals surface area contributed by atoms with Gasteiger partial charge in [-0.15, -0.1) is 11.6 Å². The maximum absolute atomic E-state index is 6.15. The van der Waals surface area contributed by atoms with Gasteiger partial charge >= 0.3 is 0 Å². The van der Waals surface area contributed by atoms with E-state index < -0.39 is 0 Å². The van der Waals surface area contributed by atoms with Gasteiger partial charge in [-0.05, 0) is 18.8 Å². The van der Waals surface area contributed by atoms with Gasteiger partial charge in [0, 0.05) is 5.92 Å². The van der Waals surface area contributed by atoms with Crippen molar-refractivity contribution in [1.29, 1.82) is 0 Å². The molecule has 1 aliphatic carbocycles. The van der Waals surface area contributed by atoms with Crippen LogP contribution in [0.5, 0.6) is 0 Å². The lowest BCUT2D eigenvalue weighted by atomic mass is 10.1. The van der Waals surface area contributed by atoms with Gasteiger partial charge in [0.25, 0.3) is 0 Å². The quantitative estimate of drug-likeness (QED) is 0.524. The lowest BCUT2D eigenvalue weighted by Crippen LogP contribution is -2.02. The lowest BCUT2D eigenvalue weighted by Gasteiger charge is -2.06. The third-order valence-corrected chi connectivity index (χ3v) is 2.82. The Morgan fingerprint density at radius 1 is 1.67 bits per heavy atom. The number of hydrogen-bond donors (Lipinski definition) is 0. The molecule has 0 nitrogen and oxygen atoms in total. The van der Waals surface area contributed by atoms with Gasteiger partial charge in [-0.1, -0.05) is 20.8 Å². The van der Waals surface area contributed by atoms with Crippen LogP contribution >= 0.6 is 11.6 Å². The summed E-state index contributed by atoms with van der Waals surface area (Å²) in [5.74, 6) is 2.24. The molecular weight excluding hydrogens is 132 g/mol. The van der Waals surface area contributed by atoms with Gasteiger partial charge in [0.1, 0.15) is 0 Å². The number of alkyl halides is 1. The van der Waals surface area contributed by atoms with Crippen molar-refractivity contribution in [3.05, 3.63) is 5.92 Å². The van der Waals surface area contributed by atoms with Crippen molar-refractivity contribution in [1.82, 2.24) is 0 Å². The zero-order valence-corrected chi connectivity index (χ0v) is 7.13. The molecule has 0 aromatic heterocycles. The van der Waals surface area contributed by atoms with Crippen LogP contribution in [0.2, 0.25) is 0 Å². The predicted molar refractivity (Wildman–Crippen MR) is 41.6 cm³/mol. The van der Waals surface area contributed by atoms with E-state index in [2.05, 4.69) is 20.8 Å². The van der Waals surface area contributed by atoms with Crippen LogP contribution in [-0.4, -0.2) is 4.87 Å². The maximum Gasteiger partial charge on any atom is 0.0515 e. The van der Waals surface area contributed by atoms with Crippen LogP contribution in [0.25, 0.3) is 0 Å². The van der Waals surface area contributed by atoms with Crippen LogP contribution in [0.4, 0.5) is 0 Å². The van der Waals surface area contributed by atoms with Crippen LogP contribution < -0.4 is 0 Å². The van der Waals surface area contributed by atoms with Gasteiger partial charge in [0.2, 0.25) is 0 Å². The molecule has 1 saturated carbocycles. The summed E-state index contributed by atoms with van der Waals surface area (Å²) < 4.78 is 0. The fraction of sp³-hybridized carbons (Fsp3) is 0.875. The Morgan fingerprint density at radius 2 is 2.22 bits per heavy atom. The largest absolute Gasteiger partial charge is 0.119 e. The Bertz CT molecular complexity index is 109. The second-order valence-corrected chi connectivity index (χ2v) is 3.90. The molecule has 1 heteroatoms. The molecule has 1 unspecified atom stereocenters. The summed E-state index contributed by atoms with van der Waals surface area (Å²) in [4.78, 5) is 0.119. The summed E-state index contributed by atoms with van der Waals surface area (Å²) in [7, 11) is 0. The summed E-state index contributed by atoms with van der Waals surface area (Å²) in [5, 5.41) is 0. The van der Waals surface area contributed by atoms with Gasteiger partial charge < -0.3 is 0 Å². The molecule has 0 spiro atoms. The van der Waals surface area contributed by atoms with Gasteiger partial charge in [-0.25, -0.2) is 0 Å². The predicted octanol–water partition coefficient (Wildman–Crippen LogP) is 3.01. The highest BCUT2D eigenvalue weighted by Crippen LogP contribution is 2.57. The zero-order valence-electron chi connectivity index (χ0n) is 6.37. The highest BCUT2D eigenvalue weighted by atomic mass is 35.5. The SMILES string of the molecule is CCC1(Cl)C[C]1C(C)C. The van der Waals surface area contributed by atoms with E-state index in [1.165, 1.54) is 0 Å². The van der Waals surface area contributed by atoms with Crippen molar-refractivity contribution < 1.29 is 0 Å². The summed E-state index contributed by atoms with van der Waals surface area (Å²) >= 11 is 6.15. The average molecular weight is 146 g/mol. The smallest absolute Gasteiger partial charge is 0.0515 e. The first kappa shape index (κ1) is 7.40. The Balaban J connectivity index is 2.38. The average Bonchev–Trinajstić information content (AvgIpc) is 2.44. The Kier molecular flexibility index (Phi) is 1.77. The molecule has 1 radical (unpaired) electrons. The molecule has 0 aromatic rings. The molecule has 0 bridgehead atoms. The van der Waals surface area contributed by atoms with E-state index in [1.807, 2.05) is 0 Å². The van der Waals surface area contributed by atoms with Gasteiger partial charge in [-0.3, -0.25) is 0 Å². The molecular formula is C8H14Cl. The third kappa shape index (κ3) is 1.24. The summed E-state index contributed by atoms with van der Waals surface area (Å²) in [6.07, 6.45) is 2.25. The molecule has 0 saturated heterocycles. The first-order valence-electron chi connectivity index (χ1n) is 3.65. The van der Waals surface area contributed by atoms with Crippen LogP contribution in [0.15, 0.2) is 0 Å². The maximum atomic E-state index is 6.15. The first-order valence-corrected chi connectivity index (χ1v) is 4.03. The molecule has 0 aliphatic heterocycles. The van der Waals surface area contributed by atoms with E-state index in [1.54, 1.807) is 5.92 Å². The lowest BCUT2D eigenvalue weighted by molar-refractivity contribution is 0.697. The topological polar surface area (TPSA) is 0 Å². The molecule has 9 heavy (non-hydrogen) atoms. The van der Waals surface area contributed by atoms with E-state index in [-0.39, 0.29) is 4.87 Å². The minimum atomic E-state index is 0.119. The van der Waals surface area contributed by atoms with E-state index in [0.717, 1.165) is 12.8 Å². The summed E-state index contributed by atoms with van der Waals surface area (Å²) in [6, 6.07) is 0. The summed E-state index contributed by atoms with van der Waals surface area (Å²) in [6.45, 7) is 6.59. The van der Waals surface area contributed by atoms with Crippen LogP contribution in [0, 0.1) is 11.8 Å². The standard InChI is InChI=1S/C8H14Cl/c1-4-8(9)5-7(8)6(2)3/h6H,4-5H2,1-3H3. The van der Waals surface area contributed by atoms with Crippen molar-refractivity contribution in [3.8, 4) is 0 Å². The zero-order chi connectivity index (χ0) is 7.07. The van der Waals surface area contributed by atoms with Gasteiger partial charge in [-0.2, -0.15) is 0 Å². The van der Waals surface area contributed by atoms with Crippen LogP contribution in [0.3, 0.4) is 0 Å². The highest BCUT2D eigenvalue weighted by Gasteiger charge is 2.52. The minimum absolute atomic E-state index is 0.119. The van der Waals surface area contributed by atoms with Crippen molar-refractivity contribution in [2.24, 2.45) is 5.92 Å². The fourth-order valence-corrected chi connectivity index (χ4v) is 1.69. The summed E-state index contributed by atoms with van der Waals surface area (Å²) in [5.41, 5.74) is 0. The van der Waals surface area contributed by atoms with E-state index in [9.17, 15) is 0 Å². The van der Waals surface area contributed by atoms with Crippen LogP contribution in [0.1, 0.15) is 33.6 Å². The van der Waals surface area contributed by atoms with E-state index in [4.69, 9.17) is 11.6 Å². The molecule has 0 aromatic carbocycles. The fourth-order valence-electron chi connectivity index (χ4n) is 1.33. The Labute approximate surface area is 62.6 Å². The third-order valence-electron chi connectivity index (χ3n) is 2.18. The van der Waals surface area contributed by atoms with E-state index >= 15 is 0 Å². The second-order valence-electron chi connectivity index (χ2n) is 3.18. The van der Waals surface area contributed by atoms with E-state index in [0.29, 0.717) is 5.92 Å².